The molecule has 0 saturated carbocycles. The number of hydrogen-bond acceptors (Lipinski definition) is 4. The van der Waals surface area contributed by atoms with Crippen LogP contribution >= 0.6 is 0 Å². The second-order valence-electron chi connectivity index (χ2n) is 3.78. The maximum Gasteiger partial charge on any atom is 0.341 e. The Hall–Kier alpha value is -2.10. The molecule has 2 aromatic rings. The fourth-order valence-corrected chi connectivity index (χ4v) is 1.76. The smallest absolute Gasteiger partial charge is 0.341 e. The van der Waals surface area contributed by atoms with Gasteiger partial charge in [0.15, 0.2) is 0 Å². The summed E-state index contributed by atoms with van der Waals surface area (Å²) in [5.74, 6) is -0.430. The highest BCUT2D eigenvalue weighted by atomic mass is 16.5. The molecule has 88 valence electrons. The van der Waals surface area contributed by atoms with Gasteiger partial charge in [0.05, 0.1) is 17.8 Å². The van der Waals surface area contributed by atoms with E-state index in [1.54, 1.807) is 6.92 Å². The minimum absolute atomic E-state index is 0.324. The lowest BCUT2D eigenvalue weighted by Gasteiger charge is -2.08. The van der Waals surface area contributed by atoms with Crippen molar-refractivity contribution < 1.29 is 9.53 Å². The van der Waals surface area contributed by atoms with Crippen LogP contribution in [0.25, 0.3) is 10.9 Å². The zero-order chi connectivity index (χ0) is 12.4. The number of nitrogen functional groups attached to an aromatic ring is 1. The molecule has 0 unspecified atom stereocenters. The molecule has 0 aliphatic carbocycles. The maximum absolute atomic E-state index is 11.7. The molecule has 4 heteroatoms. The number of esters is 1. The number of aryl methyl sites for hydroxylation is 1. The molecule has 0 radical (unpaired) electrons. The van der Waals surface area contributed by atoms with E-state index < -0.39 is 5.97 Å². The summed E-state index contributed by atoms with van der Waals surface area (Å²) < 4.78 is 4.93. The Morgan fingerprint density at radius 1 is 1.47 bits per heavy atom. The average Bonchev–Trinajstić information content (AvgIpc) is 2.31. The first-order valence-corrected chi connectivity index (χ1v) is 5.46. The highest BCUT2D eigenvalue weighted by Gasteiger charge is 2.14. The number of nitrogens with two attached hydrogens (primary N) is 1. The summed E-state index contributed by atoms with van der Waals surface area (Å²) in [4.78, 5) is 15.9. The van der Waals surface area contributed by atoms with Crippen molar-refractivity contribution in [2.24, 2.45) is 0 Å². The number of carbonyl (C=O) groups is 1. The molecule has 0 aliphatic rings. The highest BCUT2D eigenvalue weighted by Crippen LogP contribution is 2.25. The molecule has 1 aromatic carbocycles. The van der Waals surface area contributed by atoms with Crippen LogP contribution in [0, 0.1) is 6.92 Å². The van der Waals surface area contributed by atoms with E-state index in [9.17, 15) is 4.79 Å². The Kier molecular flexibility index (Phi) is 2.95. The van der Waals surface area contributed by atoms with E-state index in [0.717, 1.165) is 16.5 Å². The van der Waals surface area contributed by atoms with Crippen LogP contribution in [-0.4, -0.2) is 17.6 Å². The molecular formula is C13H14N2O2. The summed E-state index contributed by atoms with van der Waals surface area (Å²) in [6.07, 6.45) is 1.47. The molecule has 17 heavy (non-hydrogen) atoms. The summed E-state index contributed by atoms with van der Waals surface area (Å²) >= 11 is 0. The van der Waals surface area contributed by atoms with Gasteiger partial charge in [0.2, 0.25) is 0 Å². The van der Waals surface area contributed by atoms with Crippen LogP contribution in [0.5, 0.6) is 0 Å². The van der Waals surface area contributed by atoms with Crippen molar-refractivity contribution in [1.82, 2.24) is 4.98 Å². The van der Waals surface area contributed by atoms with E-state index in [0.29, 0.717) is 17.9 Å². The number of pyridine rings is 1. The van der Waals surface area contributed by atoms with Gasteiger partial charge >= 0.3 is 5.97 Å². The van der Waals surface area contributed by atoms with E-state index in [2.05, 4.69) is 4.98 Å². The molecular weight excluding hydrogens is 216 g/mol. The van der Waals surface area contributed by atoms with Gasteiger partial charge in [-0.25, -0.2) is 4.79 Å². The Balaban J connectivity index is 2.62. The molecule has 0 saturated heterocycles. The Bertz CT molecular complexity index is 579. The first-order chi connectivity index (χ1) is 8.15. The SMILES string of the molecule is CCOC(=O)c1cnc2c(C)cccc2c1N. The van der Waals surface area contributed by atoms with Crippen LogP contribution in [-0.2, 0) is 4.74 Å². The lowest BCUT2D eigenvalue weighted by atomic mass is 10.1. The highest BCUT2D eigenvalue weighted by molar-refractivity contribution is 6.04. The van der Waals surface area contributed by atoms with Crippen LogP contribution < -0.4 is 5.73 Å². The summed E-state index contributed by atoms with van der Waals surface area (Å²) in [5, 5.41) is 0.788. The van der Waals surface area contributed by atoms with E-state index in [-0.39, 0.29) is 0 Å². The third-order valence-corrected chi connectivity index (χ3v) is 2.64. The second kappa shape index (κ2) is 4.41. The van der Waals surface area contributed by atoms with Gasteiger partial charge in [-0.05, 0) is 19.4 Å². The first kappa shape index (κ1) is 11.4. The van der Waals surface area contributed by atoms with Crippen LogP contribution in [0.3, 0.4) is 0 Å². The van der Waals surface area contributed by atoms with Crippen LogP contribution in [0.4, 0.5) is 5.69 Å². The van der Waals surface area contributed by atoms with Gasteiger partial charge in [0.1, 0.15) is 5.56 Å². The minimum Gasteiger partial charge on any atom is -0.462 e. The second-order valence-corrected chi connectivity index (χ2v) is 3.78. The van der Waals surface area contributed by atoms with Crippen molar-refractivity contribution in [2.75, 3.05) is 12.3 Å². The molecule has 2 rings (SSSR count). The predicted molar refractivity (Wildman–Crippen MR) is 66.8 cm³/mol. The third-order valence-electron chi connectivity index (χ3n) is 2.64. The monoisotopic (exact) mass is 230 g/mol. The van der Waals surface area contributed by atoms with Crippen molar-refractivity contribution in [3.63, 3.8) is 0 Å². The number of hydrogen-bond donors (Lipinski definition) is 1. The summed E-state index contributed by atoms with van der Waals surface area (Å²) in [6, 6.07) is 5.71. The molecule has 0 atom stereocenters. The van der Waals surface area contributed by atoms with E-state index in [4.69, 9.17) is 10.5 Å². The summed E-state index contributed by atoms with van der Waals surface area (Å²) in [7, 11) is 0. The van der Waals surface area contributed by atoms with Crippen LogP contribution in [0.2, 0.25) is 0 Å². The number of carbonyl (C=O) groups excluding carboxylic acids is 1. The standard InChI is InChI=1S/C13H14N2O2/c1-3-17-13(16)10-7-15-12-8(2)5-4-6-9(12)11(10)14/h4-7H,3H2,1-2H3,(H2,14,15). The number of benzene rings is 1. The van der Waals surface area contributed by atoms with Gasteiger partial charge in [0.25, 0.3) is 0 Å². The number of nitrogens with zero attached hydrogens (tertiary/aromatic N) is 1. The lowest BCUT2D eigenvalue weighted by molar-refractivity contribution is 0.0527. The first-order valence-electron chi connectivity index (χ1n) is 5.46. The van der Waals surface area contributed by atoms with E-state index in [1.165, 1.54) is 6.20 Å². The topological polar surface area (TPSA) is 65.2 Å². The van der Waals surface area contributed by atoms with Crippen LogP contribution in [0.1, 0.15) is 22.8 Å². The number of fused-ring (bicyclic) bond motifs is 1. The van der Waals surface area contributed by atoms with Gasteiger partial charge in [-0.3, -0.25) is 4.98 Å². The zero-order valence-electron chi connectivity index (χ0n) is 9.86. The van der Waals surface area contributed by atoms with Gasteiger partial charge in [-0.2, -0.15) is 0 Å². The molecule has 1 aromatic heterocycles. The minimum atomic E-state index is -0.430. The quantitative estimate of drug-likeness (QED) is 0.804. The van der Waals surface area contributed by atoms with E-state index >= 15 is 0 Å². The fraction of sp³-hybridized carbons (Fsp3) is 0.231. The van der Waals surface area contributed by atoms with E-state index in [1.807, 2.05) is 25.1 Å². The Morgan fingerprint density at radius 2 is 2.24 bits per heavy atom. The number of para-hydroxylation sites is 1. The van der Waals surface area contributed by atoms with Gasteiger partial charge in [-0.1, -0.05) is 18.2 Å². The van der Waals surface area contributed by atoms with Crippen molar-refractivity contribution >= 4 is 22.6 Å². The maximum atomic E-state index is 11.7. The number of aromatic nitrogens is 1. The lowest BCUT2D eigenvalue weighted by Crippen LogP contribution is -2.09. The number of ether oxygens (including phenoxy) is 1. The number of rotatable bonds is 2. The van der Waals surface area contributed by atoms with Gasteiger partial charge in [0, 0.05) is 11.6 Å². The zero-order valence-corrected chi connectivity index (χ0v) is 9.86. The van der Waals surface area contributed by atoms with Crippen molar-refractivity contribution in [3.8, 4) is 0 Å². The molecule has 0 spiro atoms. The Labute approximate surface area is 99.4 Å². The molecule has 0 bridgehead atoms. The summed E-state index contributed by atoms with van der Waals surface area (Å²) in [5.41, 5.74) is 8.58. The van der Waals surface area contributed by atoms with Crippen molar-refractivity contribution in [2.45, 2.75) is 13.8 Å². The van der Waals surface area contributed by atoms with Crippen LogP contribution in [0.15, 0.2) is 24.4 Å². The fourth-order valence-electron chi connectivity index (χ4n) is 1.76. The van der Waals surface area contributed by atoms with Gasteiger partial charge < -0.3 is 10.5 Å². The normalized spacial score (nSPS) is 10.5. The van der Waals surface area contributed by atoms with Gasteiger partial charge in [-0.15, -0.1) is 0 Å². The van der Waals surface area contributed by atoms with Crippen molar-refractivity contribution in [1.29, 1.82) is 0 Å². The molecule has 0 aliphatic heterocycles. The molecule has 4 nitrogen and oxygen atoms in total. The largest absolute Gasteiger partial charge is 0.462 e. The van der Waals surface area contributed by atoms with Crippen molar-refractivity contribution in [3.05, 3.63) is 35.5 Å². The number of anilines is 1. The average molecular weight is 230 g/mol. The Morgan fingerprint density at radius 3 is 2.94 bits per heavy atom. The third kappa shape index (κ3) is 1.93. The molecule has 2 N–H and O–H groups in total. The molecule has 1 heterocycles. The molecule has 0 fully saturated rings. The predicted octanol–water partition coefficient (Wildman–Crippen LogP) is 2.30. The molecule has 0 amide bonds. The summed E-state index contributed by atoms with van der Waals surface area (Å²) in [6.45, 7) is 4.04.